The van der Waals surface area contributed by atoms with Crippen LogP contribution in [0.1, 0.15) is 32.6 Å². The molecule has 1 aromatic rings. The van der Waals surface area contributed by atoms with Gasteiger partial charge in [-0.05, 0) is 39.8 Å². The van der Waals surface area contributed by atoms with Crippen molar-refractivity contribution in [3.8, 4) is 0 Å². The van der Waals surface area contributed by atoms with Crippen LogP contribution in [0.4, 0.5) is 0 Å². The van der Waals surface area contributed by atoms with E-state index >= 15 is 0 Å². The maximum absolute atomic E-state index is 12.4. The van der Waals surface area contributed by atoms with Crippen molar-refractivity contribution in [3.05, 3.63) is 14.7 Å². The lowest BCUT2D eigenvalue weighted by Crippen LogP contribution is -2.30. The number of rotatable bonds is 3. The van der Waals surface area contributed by atoms with Gasteiger partial charge in [-0.25, -0.2) is 13.1 Å². The zero-order valence-corrected chi connectivity index (χ0v) is 14.4. The van der Waals surface area contributed by atoms with Crippen molar-refractivity contribution < 1.29 is 8.42 Å². The highest BCUT2D eigenvalue weighted by molar-refractivity contribution is 9.11. The molecule has 18 heavy (non-hydrogen) atoms. The molecule has 3 nitrogen and oxygen atoms in total. The predicted molar refractivity (Wildman–Crippen MR) is 78.4 cm³/mol. The van der Waals surface area contributed by atoms with Gasteiger partial charge < -0.3 is 0 Å². The van der Waals surface area contributed by atoms with Crippen LogP contribution in [0, 0.1) is 17.8 Å². The molecular weight excluding hydrogens is 334 g/mol. The molecule has 0 atom stereocenters. The van der Waals surface area contributed by atoms with Gasteiger partial charge in [0.25, 0.3) is 0 Å². The zero-order valence-electron chi connectivity index (χ0n) is 11.2. The molecule has 0 unspecified atom stereocenters. The van der Waals surface area contributed by atoms with Gasteiger partial charge in [-0.15, -0.1) is 11.3 Å². The molecule has 0 spiro atoms. The number of sulfonamides is 1. The molecule has 0 bridgehead atoms. The van der Waals surface area contributed by atoms with Gasteiger partial charge in [-0.2, -0.15) is 0 Å². The van der Waals surface area contributed by atoms with Gasteiger partial charge >= 0.3 is 0 Å². The minimum absolute atomic E-state index is 0.00122. The second kappa shape index (κ2) is 4.04. The summed E-state index contributed by atoms with van der Waals surface area (Å²) in [4.78, 5) is 1.20. The monoisotopic (exact) mass is 351 g/mol. The molecule has 0 aromatic carbocycles. The number of hydrogen-bond donors (Lipinski definition) is 1. The van der Waals surface area contributed by atoms with Crippen molar-refractivity contribution in [2.24, 2.45) is 10.8 Å². The highest BCUT2D eigenvalue weighted by atomic mass is 79.9. The lowest BCUT2D eigenvalue weighted by atomic mass is 10.0. The summed E-state index contributed by atoms with van der Waals surface area (Å²) in [6, 6.07) is 1.66. The van der Waals surface area contributed by atoms with Crippen LogP contribution in [0.15, 0.2) is 14.7 Å². The maximum atomic E-state index is 12.4. The van der Waals surface area contributed by atoms with Crippen molar-refractivity contribution in [2.75, 3.05) is 0 Å². The number of hydrogen-bond acceptors (Lipinski definition) is 3. The molecule has 0 radical (unpaired) electrons. The highest BCUT2D eigenvalue weighted by Crippen LogP contribution is 2.63. The molecule has 1 fully saturated rings. The van der Waals surface area contributed by atoms with Crippen LogP contribution in [0.2, 0.25) is 0 Å². The Morgan fingerprint density at radius 3 is 2.11 bits per heavy atom. The van der Waals surface area contributed by atoms with Crippen molar-refractivity contribution in [3.63, 3.8) is 0 Å². The third-order valence-corrected chi connectivity index (χ3v) is 7.66. The number of halogens is 1. The van der Waals surface area contributed by atoms with Crippen LogP contribution in [-0.4, -0.2) is 14.5 Å². The molecule has 1 saturated carbocycles. The Labute approximate surface area is 121 Å². The van der Waals surface area contributed by atoms with E-state index in [1.54, 1.807) is 6.07 Å². The molecule has 2 rings (SSSR count). The first-order valence-corrected chi connectivity index (χ1v) is 8.87. The van der Waals surface area contributed by atoms with Crippen molar-refractivity contribution >= 4 is 37.3 Å². The Balaban J connectivity index is 2.28. The van der Waals surface area contributed by atoms with E-state index < -0.39 is 10.0 Å². The Morgan fingerprint density at radius 2 is 1.78 bits per heavy atom. The molecule has 1 aromatic heterocycles. The van der Waals surface area contributed by atoms with E-state index in [0.29, 0.717) is 4.90 Å². The summed E-state index contributed by atoms with van der Waals surface area (Å²) in [6.45, 7) is 10.2. The lowest BCUT2D eigenvalue weighted by Gasteiger charge is -2.07. The van der Waals surface area contributed by atoms with E-state index in [1.165, 1.54) is 11.3 Å². The molecule has 1 heterocycles. The minimum Gasteiger partial charge on any atom is -0.207 e. The fraction of sp³-hybridized carbons (Fsp3) is 0.667. The van der Waals surface area contributed by atoms with Crippen LogP contribution in [-0.2, 0) is 10.0 Å². The summed E-state index contributed by atoms with van der Waals surface area (Å²) in [5.41, 5.74) is 0.00244. The topological polar surface area (TPSA) is 46.2 Å². The number of aryl methyl sites for hydroxylation is 1. The summed E-state index contributed by atoms with van der Waals surface area (Å²) in [7, 11) is -3.42. The Hall–Kier alpha value is 0.0900. The standard InChI is InChI=1S/C12H18BrNO2S2/c1-7-8(6-9(13)17-7)18(15,16)14-10-11(2,3)12(10,4)5/h6,10,14H,1-5H3. The molecule has 1 aliphatic rings. The molecule has 1 N–H and O–H groups in total. The van der Waals surface area contributed by atoms with Gasteiger partial charge in [0.1, 0.15) is 0 Å². The summed E-state index contributed by atoms with van der Waals surface area (Å²) in [6.07, 6.45) is 0. The van der Waals surface area contributed by atoms with E-state index in [4.69, 9.17) is 0 Å². The second-order valence-corrected chi connectivity index (χ2v) is 10.3. The first-order valence-electron chi connectivity index (χ1n) is 5.78. The van der Waals surface area contributed by atoms with Crippen molar-refractivity contribution in [1.82, 2.24) is 4.72 Å². The van der Waals surface area contributed by atoms with Gasteiger partial charge in [0.2, 0.25) is 10.0 Å². The van der Waals surface area contributed by atoms with Gasteiger partial charge in [0, 0.05) is 10.9 Å². The molecule has 0 aliphatic heterocycles. The molecule has 102 valence electrons. The van der Waals surface area contributed by atoms with Crippen LogP contribution in [0.25, 0.3) is 0 Å². The highest BCUT2D eigenvalue weighted by Gasteiger charge is 2.66. The van der Waals surface area contributed by atoms with E-state index in [1.807, 2.05) is 6.92 Å². The van der Waals surface area contributed by atoms with Gasteiger partial charge in [0.15, 0.2) is 0 Å². The van der Waals surface area contributed by atoms with Crippen LogP contribution >= 0.6 is 27.3 Å². The normalized spacial score (nSPS) is 22.1. The molecule has 0 amide bonds. The van der Waals surface area contributed by atoms with Crippen molar-refractivity contribution in [1.29, 1.82) is 0 Å². The summed E-state index contributed by atoms with van der Waals surface area (Å²) in [5, 5.41) is 0. The fourth-order valence-corrected chi connectivity index (χ4v) is 6.35. The lowest BCUT2D eigenvalue weighted by molar-refractivity contribution is 0.457. The Morgan fingerprint density at radius 1 is 1.28 bits per heavy atom. The quantitative estimate of drug-likeness (QED) is 0.905. The fourth-order valence-electron chi connectivity index (χ4n) is 2.41. The average Bonchev–Trinajstić information content (AvgIpc) is 2.52. The third-order valence-electron chi connectivity index (χ3n) is 4.43. The van der Waals surface area contributed by atoms with Gasteiger partial charge in [-0.3, -0.25) is 0 Å². The number of thiophene rings is 1. The van der Waals surface area contributed by atoms with Crippen LogP contribution < -0.4 is 4.72 Å². The van der Waals surface area contributed by atoms with E-state index in [2.05, 4.69) is 48.3 Å². The molecule has 1 aliphatic carbocycles. The van der Waals surface area contributed by atoms with Crippen LogP contribution in [0.3, 0.4) is 0 Å². The summed E-state index contributed by atoms with van der Waals surface area (Å²) < 4.78 is 28.4. The maximum Gasteiger partial charge on any atom is 0.241 e. The van der Waals surface area contributed by atoms with Gasteiger partial charge in [-0.1, -0.05) is 27.7 Å². The summed E-state index contributed by atoms with van der Waals surface area (Å²) in [5.74, 6) is 0. The smallest absolute Gasteiger partial charge is 0.207 e. The largest absolute Gasteiger partial charge is 0.241 e. The second-order valence-electron chi connectivity index (χ2n) is 5.97. The zero-order chi connectivity index (χ0) is 13.9. The predicted octanol–water partition coefficient (Wildman–Crippen LogP) is 3.53. The molecular formula is C12H18BrNO2S2. The summed E-state index contributed by atoms with van der Waals surface area (Å²) >= 11 is 4.77. The third kappa shape index (κ3) is 2.07. The van der Waals surface area contributed by atoms with Crippen molar-refractivity contribution in [2.45, 2.75) is 45.6 Å². The first kappa shape index (κ1) is 14.5. The Bertz CT molecular complexity index is 573. The SMILES string of the molecule is Cc1sc(Br)cc1S(=O)(=O)NC1C(C)(C)C1(C)C. The van der Waals surface area contributed by atoms with Gasteiger partial charge in [0.05, 0.1) is 8.68 Å². The average molecular weight is 352 g/mol. The van der Waals surface area contributed by atoms with E-state index in [9.17, 15) is 8.42 Å². The molecule has 6 heteroatoms. The first-order chi connectivity index (χ1) is 8.00. The minimum atomic E-state index is -3.42. The number of nitrogens with one attached hydrogen (secondary N) is 1. The molecule has 0 saturated heterocycles. The van der Waals surface area contributed by atoms with E-state index in [-0.39, 0.29) is 16.9 Å². The Kier molecular flexibility index (Phi) is 3.25. The van der Waals surface area contributed by atoms with Crippen LogP contribution in [0.5, 0.6) is 0 Å². The van der Waals surface area contributed by atoms with E-state index in [0.717, 1.165) is 8.66 Å².